The van der Waals surface area contributed by atoms with E-state index in [1.54, 1.807) is 0 Å². The predicted molar refractivity (Wildman–Crippen MR) is 51.7 cm³/mol. The number of nitrogen functional groups attached to an aromatic ring is 1. The molecular formula is C7H11ClN4O. The summed E-state index contributed by atoms with van der Waals surface area (Å²) in [4.78, 5) is 11.5. The number of nitrogens with one attached hydrogen (secondary N) is 1. The molecule has 5 nitrogen and oxygen atoms in total. The van der Waals surface area contributed by atoms with E-state index in [-0.39, 0.29) is 16.6 Å². The highest BCUT2D eigenvalue weighted by Gasteiger charge is 2.09. The summed E-state index contributed by atoms with van der Waals surface area (Å²) in [7, 11) is 0. The van der Waals surface area contributed by atoms with Gasteiger partial charge >= 0.3 is 0 Å². The van der Waals surface area contributed by atoms with Gasteiger partial charge in [-0.1, -0.05) is 11.6 Å². The number of hydrogen-bond donors (Lipinski definition) is 2. The molecule has 0 saturated heterocycles. The molecule has 0 saturated carbocycles. The first-order chi connectivity index (χ1) is 6.07. The summed E-state index contributed by atoms with van der Waals surface area (Å²) < 4.78 is 1.29. The van der Waals surface area contributed by atoms with Gasteiger partial charge in [-0.05, 0) is 13.8 Å². The third-order valence-electron chi connectivity index (χ3n) is 1.59. The lowest BCUT2D eigenvalue weighted by Gasteiger charge is -2.09. The molecule has 72 valence electrons. The number of hydrogen-bond acceptors (Lipinski definition) is 4. The predicted octanol–water partition coefficient (Wildman–Crippen LogP) is 0.763. The van der Waals surface area contributed by atoms with Crippen LogP contribution in [0.3, 0.4) is 0 Å². The molecule has 13 heavy (non-hydrogen) atoms. The van der Waals surface area contributed by atoms with Gasteiger partial charge in [0.25, 0.3) is 5.56 Å². The van der Waals surface area contributed by atoms with E-state index >= 15 is 0 Å². The van der Waals surface area contributed by atoms with Crippen LogP contribution in [0.1, 0.15) is 19.9 Å². The Kier molecular flexibility index (Phi) is 2.90. The van der Waals surface area contributed by atoms with Crippen LogP contribution in [-0.2, 0) is 0 Å². The van der Waals surface area contributed by atoms with Crippen molar-refractivity contribution < 1.29 is 0 Å². The Morgan fingerprint density at radius 2 is 2.31 bits per heavy atom. The summed E-state index contributed by atoms with van der Waals surface area (Å²) in [6.07, 6.45) is 1.42. The smallest absolute Gasteiger partial charge is 0.287 e. The van der Waals surface area contributed by atoms with Gasteiger partial charge in [-0.3, -0.25) is 10.6 Å². The first-order valence-corrected chi connectivity index (χ1v) is 4.19. The molecule has 0 aliphatic carbocycles. The fourth-order valence-electron chi connectivity index (χ4n) is 0.913. The van der Waals surface area contributed by atoms with Gasteiger partial charge in [0.1, 0.15) is 5.02 Å². The maximum atomic E-state index is 11.5. The molecule has 0 bridgehead atoms. The molecule has 1 rings (SSSR count). The Morgan fingerprint density at radius 3 is 2.77 bits per heavy atom. The van der Waals surface area contributed by atoms with Crippen LogP contribution in [0.2, 0.25) is 5.02 Å². The van der Waals surface area contributed by atoms with Gasteiger partial charge in [0, 0.05) is 0 Å². The highest BCUT2D eigenvalue weighted by molar-refractivity contribution is 6.32. The van der Waals surface area contributed by atoms with Crippen LogP contribution in [0.4, 0.5) is 5.69 Å². The Bertz CT molecular complexity index is 360. The van der Waals surface area contributed by atoms with Crippen LogP contribution in [0.5, 0.6) is 0 Å². The molecule has 0 amide bonds. The minimum atomic E-state index is -0.341. The van der Waals surface area contributed by atoms with E-state index in [0.29, 0.717) is 5.69 Å². The van der Waals surface area contributed by atoms with Crippen LogP contribution < -0.4 is 16.8 Å². The molecule has 0 unspecified atom stereocenters. The van der Waals surface area contributed by atoms with E-state index in [4.69, 9.17) is 17.4 Å². The van der Waals surface area contributed by atoms with Gasteiger partial charge in [-0.25, -0.2) is 4.68 Å². The van der Waals surface area contributed by atoms with Crippen LogP contribution in [0.15, 0.2) is 11.0 Å². The van der Waals surface area contributed by atoms with E-state index in [9.17, 15) is 4.79 Å². The van der Waals surface area contributed by atoms with Crippen molar-refractivity contribution in [3.8, 4) is 0 Å². The lowest BCUT2D eigenvalue weighted by atomic mass is 10.4. The Labute approximate surface area is 80.5 Å². The standard InChI is InChI=1S/C7H11ClN4O/c1-4(2)12-7(13)6(8)5(11-9)3-10-12/h3-4,11H,9H2,1-2H3. The van der Waals surface area contributed by atoms with Gasteiger partial charge in [0.05, 0.1) is 17.9 Å². The first kappa shape index (κ1) is 10.0. The summed E-state index contributed by atoms with van der Waals surface area (Å²) in [6.45, 7) is 3.69. The van der Waals surface area contributed by atoms with Gasteiger partial charge in [0.2, 0.25) is 0 Å². The summed E-state index contributed by atoms with van der Waals surface area (Å²) in [5.74, 6) is 5.12. The number of halogens is 1. The monoisotopic (exact) mass is 202 g/mol. The lowest BCUT2D eigenvalue weighted by Crippen LogP contribution is -2.26. The van der Waals surface area contributed by atoms with E-state index < -0.39 is 0 Å². The van der Waals surface area contributed by atoms with Gasteiger partial charge in [-0.2, -0.15) is 5.10 Å². The molecule has 0 spiro atoms. The fourth-order valence-corrected chi connectivity index (χ4v) is 1.10. The quantitative estimate of drug-likeness (QED) is 0.549. The van der Waals surface area contributed by atoms with Crippen molar-refractivity contribution in [1.82, 2.24) is 9.78 Å². The van der Waals surface area contributed by atoms with Crippen LogP contribution in [0.25, 0.3) is 0 Å². The zero-order valence-corrected chi connectivity index (χ0v) is 8.17. The number of hydrazine groups is 1. The second kappa shape index (κ2) is 3.76. The molecule has 1 aromatic heterocycles. The molecule has 0 atom stereocenters. The average Bonchev–Trinajstić information content (AvgIpc) is 2.09. The van der Waals surface area contributed by atoms with Crippen molar-refractivity contribution in [2.24, 2.45) is 5.84 Å². The number of aromatic nitrogens is 2. The third-order valence-corrected chi connectivity index (χ3v) is 1.95. The summed E-state index contributed by atoms with van der Waals surface area (Å²) in [5, 5.41) is 3.95. The topological polar surface area (TPSA) is 72.9 Å². The summed E-state index contributed by atoms with van der Waals surface area (Å²) in [5.41, 5.74) is 2.29. The summed E-state index contributed by atoms with van der Waals surface area (Å²) >= 11 is 5.73. The Hall–Kier alpha value is -1.07. The zero-order valence-electron chi connectivity index (χ0n) is 7.41. The number of nitrogens with two attached hydrogens (primary N) is 1. The zero-order chi connectivity index (χ0) is 10.0. The van der Waals surface area contributed by atoms with Gasteiger partial charge in [-0.15, -0.1) is 0 Å². The molecule has 3 N–H and O–H groups in total. The largest absolute Gasteiger partial charge is 0.321 e. The van der Waals surface area contributed by atoms with E-state index in [2.05, 4.69) is 10.5 Å². The van der Waals surface area contributed by atoms with E-state index in [1.807, 2.05) is 13.8 Å². The molecule has 0 aliphatic rings. The fraction of sp³-hybridized carbons (Fsp3) is 0.429. The molecular weight excluding hydrogens is 192 g/mol. The molecule has 0 aliphatic heterocycles. The molecule has 0 radical (unpaired) electrons. The van der Waals surface area contributed by atoms with Gasteiger partial charge in [0.15, 0.2) is 0 Å². The van der Waals surface area contributed by atoms with Crippen molar-refractivity contribution >= 4 is 17.3 Å². The second-order valence-corrected chi connectivity index (χ2v) is 3.24. The molecule has 1 heterocycles. The maximum absolute atomic E-state index is 11.5. The van der Waals surface area contributed by atoms with Crippen LogP contribution in [-0.4, -0.2) is 9.78 Å². The minimum absolute atomic E-state index is 0.0168. The number of nitrogens with zero attached hydrogens (tertiary/aromatic N) is 2. The highest BCUT2D eigenvalue weighted by Crippen LogP contribution is 2.14. The van der Waals surface area contributed by atoms with Crippen molar-refractivity contribution in [3.05, 3.63) is 21.6 Å². The maximum Gasteiger partial charge on any atom is 0.287 e. The molecule has 0 fully saturated rings. The summed E-state index contributed by atoms with van der Waals surface area (Å²) in [6, 6.07) is -0.0168. The lowest BCUT2D eigenvalue weighted by molar-refractivity contribution is 0.503. The van der Waals surface area contributed by atoms with Crippen molar-refractivity contribution in [1.29, 1.82) is 0 Å². The van der Waals surface area contributed by atoms with E-state index in [0.717, 1.165) is 0 Å². The number of rotatable bonds is 2. The first-order valence-electron chi connectivity index (χ1n) is 3.82. The van der Waals surface area contributed by atoms with Crippen LogP contribution in [0, 0.1) is 0 Å². The average molecular weight is 203 g/mol. The van der Waals surface area contributed by atoms with Gasteiger partial charge < -0.3 is 5.43 Å². The highest BCUT2D eigenvalue weighted by atomic mass is 35.5. The second-order valence-electron chi connectivity index (χ2n) is 2.86. The minimum Gasteiger partial charge on any atom is -0.321 e. The third kappa shape index (κ3) is 1.81. The van der Waals surface area contributed by atoms with Crippen molar-refractivity contribution in [2.75, 3.05) is 5.43 Å². The van der Waals surface area contributed by atoms with Crippen molar-refractivity contribution in [3.63, 3.8) is 0 Å². The SMILES string of the molecule is CC(C)n1ncc(NN)c(Cl)c1=O. The Morgan fingerprint density at radius 1 is 1.69 bits per heavy atom. The van der Waals surface area contributed by atoms with Crippen LogP contribution >= 0.6 is 11.6 Å². The number of anilines is 1. The van der Waals surface area contributed by atoms with Crippen molar-refractivity contribution in [2.45, 2.75) is 19.9 Å². The molecule has 6 heteroatoms. The normalized spacial score (nSPS) is 10.5. The molecule has 0 aromatic carbocycles. The Balaban J connectivity index is 3.32. The molecule has 1 aromatic rings. The van der Waals surface area contributed by atoms with E-state index in [1.165, 1.54) is 10.9 Å².